The molecule has 0 aliphatic heterocycles. The van der Waals surface area contributed by atoms with Gasteiger partial charge in [0.25, 0.3) is 0 Å². The third-order valence-electron chi connectivity index (χ3n) is 11.4. The number of aliphatic hydroxyl groups is 1. The zero-order valence-electron chi connectivity index (χ0n) is 23.1. The van der Waals surface area contributed by atoms with Crippen molar-refractivity contribution in [3.63, 3.8) is 0 Å². The van der Waals surface area contributed by atoms with Gasteiger partial charge in [-0.3, -0.25) is 4.79 Å². The Labute approximate surface area is 222 Å². The first-order valence-electron chi connectivity index (χ1n) is 14.2. The molecule has 2 unspecified atom stereocenters. The van der Waals surface area contributed by atoms with Gasteiger partial charge in [0, 0.05) is 37.7 Å². The lowest BCUT2D eigenvalue weighted by Crippen LogP contribution is -2.56. The summed E-state index contributed by atoms with van der Waals surface area (Å²) in [5.41, 5.74) is 1.06. The molecule has 4 aliphatic rings. The van der Waals surface area contributed by atoms with E-state index in [0.29, 0.717) is 35.4 Å². The van der Waals surface area contributed by atoms with Crippen molar-refractivity contribution in [1.29, 1.82) is 0 Å². The van der Waals surface area contributed by atoms with Crippen LogP contribution in [-0.4, -0.2) is 50.1 Å². The van der Waals surface area contributed by atoms with E-state index in [-0.39, 0.29) is 11.3 Å². The molecule has 4 aliphatic carbocycles. The number of ketones is 1. The maximum Gasteiger partial charge on any atom is 0.146 e. The van der Waals surface area contributed by atoms with Crippen molar-refractivity contribution in [3.8, 4) is 0 Å². The van der Waals surface area contributed by atoms with Crippen molar-refractivity contribution in [1.82, 2.24) is 0 Å². The second-order valence-electron chi connectivity index (χ2n) is 13.3. The number of hydrogen-bond acceptors (Lipinski definition) is 5. The van der Waals surface area contributed by atoms with E-state index in [2.05, 4.69) is 57.1 Å². The van der Waals surface area contributed by atoms with Crippen molar-refractivity contribution < 1.29 is 14.6 Å². The highest BCUT2D eigenvalue weighted by molar-refractivity contribution is 8.00. The molecule has 36 heavy (non-hydrogen) atoms. The predicted molar refractivity (Wildman–Crippen MR) is 149 cm³/mol. The van der Waals surface area contributed by atoms with E-state index in [1.165, 1.54) is 42.7 Å². The van der Waals surface area contributed by atoms with E-state index in [9.17, 15) is 9.90 Å². The van der Waals surface area contributed by atoms with E-state index in [1.54, 1.807) is 18.9 Å². The molecule has 4 nitrogen and oxygen atoms in total. The normalized spacial score (nSPS) is 41.8. The average Bonchev–Trinajstić information content (AvgIpc) is 3.21. The van der Waals surface area contributed by atoms with E-state index < -0.39 is 5.60 Å². The Balaban J connectivity index is 1.24. The van der Waals surface area contributed by atoms with Crippen LogP contribution in [0.15, 0.2) is 29.2 Å². The fraction of sp³-hybridized carbons (Fsp3) is 0.774. The van der Waals surface area contributed by atoms with Crippen LogP contribution in [0.1, 0.15) is 71.6 Å². The van der Waals surface area contributed by atoms with E-state index >= 15 is 0 Å². The highest BCUT2D eigenvalue weighted by Crippen LogP contribution is 2.68. The maximum atomic E-state index is 13.6. The third-order valence-corrected chi connectivity index (χ3v) is 12.4. The van der Waals surface area contributed by atoms with Crippen LogP contribution < -0.4 is 4.90 Å². The number of benzene rings is 1. The van der Waals surface area contributed by atoms with Crippen LogP contribution in [0.25, 0.3) is 0 Å². The summed E-state index contributed by atoms with van der Waals surface area (Å²) in [6.45, 7) is 5.47. The minimum Gasteiger partial charge on any atom is -0.387 e. The van der Waals surface area contributed by atoms with Gasteiger partial charge < -0.3 is 14.7 Å². The largest absolute Gasteiger partial charge is 0.387 e. The highest BCUT2D eigenvalue weighted by atomic mass is 32.2. The molecule has 0 heterocycles. The van der Waals surface area contributed by atoms with E-state index in [4.69, 9.17) is 4.74 Å². The molecule has 1 N–H and O–H groups in total. The SMILES string of the molecule is COCC1(O)CC[C@@]2(C)C(CC[C@H]3[C@@H]4CC[C@H](C(=O)CSc5ccc(N(C)C)cc5)[C@@]4(C)CC[C@@H]32)C1. The van der Waals surface area contributed by atoms with Gasteiger partial charge in [-0.05, 0) is 117 Å². The molecule has 4 fully saturated rings. The third kappa shape index (κ3) is 4.56. The van der Waals surface area contributed by atoms with Crippen molar-refractivity contribution in [2.45, 2.75) is 82.1 Å². The Hall–Kier alpha value is -1.04. The quantitative estimate of drug-likeness (QED) is 0.425. The van der Waals surface area contributed by atoms with Crippen molar-refractivity contribution in [2.75, 3.05) is 38.5 Å². The molecule has 4 saturated carbocycles. The number of thioether (sulfide) groups is 1. The Kier molecular flexibility index (Phi) is 7.33. The molecule has 1 aromatic carbocycles. The number of fused-ring (bicyclic) bond motifs is 5. The summed E-state index contributed by atoms with van der Waals surface area (Å²) >= 11 is 1.71. The minimum atomic E-state index is -0.635. The number of ether oxygens (including phenoxy) is 1. The molecule has 0 aromatic heterocycles. The number of carbonyl (C=O) groups excluding carboxylic acids is 1. The Morgan fingerprint density at radius 2 is 1.72 bits per heavy atom. The van der Waals surface area contributed by atoms with E-state index in [1.807, 2.05) is 0 Å². The van der Waals surface area contributed by atoms with Gasteiger partial charge in [-0.1, -0.05) is 13.8 Å². The molecular weight excluding hydrogens is 466 g/mol. The fourth-order valence-electron chi connectivity index (χ4n) is 9.35. The van der Waals surface area contributed by atoms with E-state index in [0.717, 1.165) is 37.5 Å². The van der Waals surface area contributed by atoms with Crippen LogP contribution in [0, 0.1) is 40.4 Å². The fourth-order valence-corrected chi connectivity index (χ4v) is 10.2. The van der Waals surface area contributed by atoms with Crippen LogP contribution in [-0.2, 0) is 9.53 Å². The lowest BCUT2D eigenvalue weighted by molar-refractivity contribution is -0.163. The molecular formula is C31H47NO3S. The molecule has 5 heteroatoms. The van der Waals surface area contributed by atoms with Gasteiger partial charge in [0.1, 0.15) is 5.78 Å². The van der Waals surface area contributed by atoms with Gasteiger partial charge in [-0.25, -0.2) is 0 Å². The topological polar surface area (TPSA) is 49.8 Å². The first kappa shape index (κ1) is 26.6. The molecule has 0 radical (unpaired) electrons. The van der Waals surface area contributed by atoms with Crippen LogP contribution in [0.5, 0.6) is 0 Å². The number of nitrogens with zero attached hydrogens (tertiary/aromatic N) is 1. The summed E-state index contributed by atoms with van der Waals surface area (Å²) in [5.74, 6) is 4.09. The molecule has 200 valence electrons. The van der Waals surface area contributed by atoms with Gasteiger partial charge in [-0.2, -0.15) is 0 Å². The first-order valence-corrected chi connectivity index (χ1v) is 15.2. The van der Waals surface area contributed by atoms with Gasteiger partial charge in [0.2, 0.25) is 0 Å². The predicted octanol–water partition coefficient (Wildman–Crippen LogP) is 6.45. The Morgan fingerprint density at radius 3 is 2.42 bits per heavy atom. The zero-order chi connectivity index (χ0) is 25.7. The van der Waals surface area contributed by atoms with Crippen molar-refractivity contribution in [3.05, 3.63) is 24.3 Å². The van der Waals surface area contributed by atoms with Gasteiger partial charge in [0.05, 0.1) is 18.0 Å². The molecule has 8 atom stereocenters. The van der Waals surface area contributed by atoms with Crippen LogP contribution in [0.3, 0.4) is 0 Å². The number of carbonyl (C=O) groups is 1. The molecule has 0 spiro atoms. The molecule has 0 amide bonds. The van der Waals surface area contributed by atoms with Crippen molar-refractivity contribution >= 4 is 23.2 Å². The number of hydrogen-bond donors (Lipinski definition) is 1. The smallest absolute Gasteiger partial charge is 0.146 e. The van der Waals surface area contributed by atoms with Gasteiger partial charge in [-0.15, -0.1) is 11.8 Å². The number of anilines is 1. The Morgan fingerprint density at radius 1 is 1.00 bits per heavy atom. The van der Waals surface area contributed by atoms with Crippen LogP contribution in [0.2, 0.25) is 0 Å². The second kappa shape index (κ2) is 9.93. The number of methoxy groups -OCH3 is 1. The number of rotatable bonds is 7. The summed E-state index contributed by atoms with van der Waals surface area (Å²) in [5, 5.41) is 11.1. The van der Waals surface area contributed by atoms with Gasteiger partial charge >= 0.3 is 0 Å². The number of Topliss-reactive ketones (excluding diaryl/α,β-unsaturated/α-hetero) is 1. The molecule has 0 saturated heterocycles. The van der Waals surface area contributed by atoms with Crippen LogP contribution >= 0.6 is 11.8 Å². The molecule has 0 bridgehead atoms. The van der Waals surface area contributed by atoms with Gasteiger partial charge in [0.15, 0.2) is 0 Å². The average molecular weight is 514 g/mol. The summed E-state index contributed by atoms with van der Waals surface area (Å²) in [6.07, 6.45) is 10.2. The standard InChI is InChI=1S/C31H47NO3S/c1-29-16-17-31(34,20-35-5)18-21(29)6-11-24-25-12-13-27(30(25,2)15-14-26(24)29)28(33)19-36-23-9-7-22(8-10-23)32(3)4/h7-10,21,24-27,34H,6,11-20H2,1-5H3/t21?,24-,25-,26-,27+,29-,30-,31?/m0/s1. The summed E-state index contributed by atoms with van der Waals surface area (Å²) in [6, 6.07) is 8.57. The highest BCUT2D eigenvalue weighted by Gasteiger charge is 2.62. The lowest BCUT2D eigenvalue weighted by atomic mass is 9.44. The van der Waals surface area contributed by atoms with Crippen molar-refractivity contribution in [2.24, 2.45) is 40.4 Å². The molecule has 5 rings (SSSR count). The molecule has 1 aromatic rings. The van der Waals surface area contributed by atoms with Crippen LogP contribution in [0.4, 0.5) is 5.69 Å². The Bertz CT molecular complexity index is 950. The maximum absolute atomic E-state index is 13.6. The second-order valence-corrected chi connectivity index (χ2v) is 14.4. The monoisotopic (exact) mass is 513 g/mol. The summed E-state index contributed by atoms with van der Waals surface area (Å²) in [4.78, 5) is 16.9. The lowest BCUT2D eigenvalue weighted by Gasteiger charge is -2.62. The summed E-state index contributed by atoms with van der Waals surface area (Å²) < 4.78 is 5.38. The zero-order valence-corrected chi connectivity index (χ0v) is 23.9. The minimum absolute atomic E-state index is 0.169. The first-order chi connectivity index (χ1) is 17.1. The summed E-state index contributed by atoms with van der Waals surface area (Å²) in [7, 11) is 5.82.